The third-order valence-electron chi connectivity index (χ3n) is 3.23. The first-order chi connectivity index (χ1) is 10.0. The predicted octanol–water partition coefficient (Wildman–Crippen LogP) is 1.37. The van der Waals surface area contributed by atoms with Crippen molar-refractivity contribution >= 4 is 21.6 Å². The molecule has 2 aromatic rings. The Morgan fingerprint density at radius 1 is 1.19 bits per heavy atom. The number of ether oxygens (including phenoxy) is 1. The molecule has 6 nitrogen and oxygen atoms in total. The van der Waals surface area contributed by atoms with Gasteiger partial charge in [-0.3, -0.25) is 4.79 Å². The van der Waals surface area contributed by atoms with Crippen molar-refractivity contribution in [3.05, 3.63) is 48.2 Å². The Kier molecular flexibility index (Phi) is 3.13. The van der Waals surface area contributed by atoms with Crippen molar-refractivity contribution in [2.75, 3.05) is 11.4 Å². The number of rotatable bonds is 3. The lowest BCUT2D eigenvalue weighted by molar-refractivity contribution is -0.116. The zero-order valence-corrected chi connectivity index (χ0v) is 12.0. The topological polar surface area (TPSA) is 76.6 Å². The lowest BCUT2D eigenvalue weighted by atomic mass is 10.2. The molecule has 1 amide bonds. The van der Waals surface area contributed by atoms with Gasteiger partial charge in [0, 0.05) is 0 Å². The summed E-state index contributed by atoms with van der Waals surface area (Å²) in [5.74, 6) is -0.0316. The maximum absolute atomic E-state index is 12.6. The lowest BCUT2D eigenvalue weighted by Gasteiger charge is -2.17. The fourth-order valence-electron chi connectivity index (χ4n) is 2.22. The number of hydrogen-bond acceptors (Lipinski definition) is 5. The number of hydrogen-bond donors (Lipinski definition) is 0. The minimum absolute atomic E-state index is 0.0750. The Labute approximate surface area is 122 Å². The number of carbonyl (C=O) groups is 1. The van der Waals surface area contributed by atoms with Crippen molar-refractivity contribution < 1.29 is 17.9 Å². The van der Waals surface area contributed by atoms with Crippen LogP contribution in [-0.4, -0.2) is 26.4 Å². The molecule has 0 N–H and O–H groups in total. The van der Waals surface area contributed by atoms with E-state index >= 15 is 0 Å². The number of pyridine rings is 1. The summed E-state index contributed by atoms with van der Waals surface area (Å²) in [6.07, 6.45) is 1.38. The van der Waals surface area contributed by atoms with Crippen LogP contribution in [0.2, 0.25) is 0 Å². The van der Waals surface area contributed by atoms with E-state index in [2.05, 4.69) is 4.98 Å². The summed E-state index contributed by atoms with van der Waals surface area (Å²) in [5, 5.41) is -0.187. The number of aromatic nitrogens is 1. The molecule has 0 unspecified atom stereocenters. The highest BCUT2D eigenvalue weighted by atomic mass is 32.2. The van der Waals surface area contributed by atoms with Crippen LogP contribution in [0.4, 0.5) is 5.69 Å². The zero-order valence-electron chi connectivity index (χ0n) is 11.2. The zero-order chi connectivity index (χ0) is 15.0. The molecule has 0 spiro atoms. The van der Waals surface area contributed by atoms with E-state index in [1.807, 2.05) is 0 Å². The molecule has 21 heavy (non-hydrogen) atoms. The molecule has 0 atom stereocenters. The summed E-state index contributed by atoms with van der Waals surface area (Å²) in [7, 11) is -2.55. The molecule has 108 valence electrons. The Morgan fingerprint density at radius 2 is 1.95 bits per heavy atom. The first-order valence-corrected chi connectivity index (χ1v) is 7.64. The maximum Gasteiger partial charge on any atom is 0.288 e. The van der Waals surface area contributed by atoms with Crippen LogP contribution in [0.1, 0.15) is 5.56 Å². The van der Waals surface area contributed by atoms with Crippen LogP contribution >= 0.6 is 0 Å². The molecule has 0 aliphatic carbocycles. The molecular weight excluding hydrogens is 292 g/mol. The van der Waals surface area contributed by atoms with Gasteiger partial charge in [0.2, 0.25) is 5.91 Å². The van der Waals surface area contributed by atoms with Crippen molar-refractivity contribution in [3.8, 4) is 5.75 Å². The maximum atomic E-state index is 12.6. The summed E-state index contributed by atoms with van der Waals surface area (Å²) in [6.45, 7) is 0. The highest BCUT2D eigenvalue weighted by Gasteiger charge is 2.38. The molecule has 1 aliphatic rings. The predicted molar refractivity (Wildman–Crippen MR) is 75.6 cm³/mol. The third-order valence-corrected chi connectivity index (χ3v) is 4.88. The Bertz CT molecular complexity index is 800. The number of sulfonamides is 1. The van der Waals surface area contributed by atoms with Crippen LogP contribution < -0.4 is 9.04 Å². The normalized spacial score (nSPS) is 14.1. The van der Waals surface area contributed by atoms with Crippen molar-refractivity contribution in [1.82, 2.24) is 4.98 Å². The summed E-state index contributed by atoms with van der Waals surface area (Å²) in [5.41, 5.74) is 1.08. The van der Waals surface area contributed by atoms with Gasteiger partial charge in [0.15, 0.2) is 5.03 Å². The summed E-state index contributed by atoms with van der Waals surface area (Å²) in [4.78, 5) is 15.9. The van der Waals surface area contributed by atoms with E-state index in [1.54, 1.807) is 24.3 Å². The second kappa shape index (κ2) is 4.85. The number of nitrogens with zero attached hydrogens (tertiary/aromatic N) is 2. The van der Waals surface area contributed by atoms with E-state index in [-0.39, 0.29) is 11.4 Å². The van der Waals surface area contributed by atoms with E-state index in [9.17, 15) is 13.2 Å². The number of fused-ring (bicyclic) bond motifs is 1. The number of para-hydroxylation sites is 1. The monoisotopic (exact) mass is 304 g/mol. The second-order valence-electron chi connectivity index (χ2n) is 4.50. The fraction of sp³-hybridized carbons (Fsp3) is 0.143. The first-order valence-electron chi connectivity index (χ1n) is 6.20. The van der Waals surface area contributed by atoms with Crippen LogP contribution in [-0.2, 0) is 21.2 Å². The standard InChI is InChI=1S/C14H12N2O4S/c1-20-11-6-7-13(15-9-11)21(18,19)16-12-5-3-2-4-10(12)8-14(16)17/h2-7,9H,8H2,1H3. The molecule has 0 saturated carbocycles. The van der Waals surface area contributed by atoms with E-state index in [1.165, 1.54) is 25.4 Å². The molecule has 3 rings (SSSR count). The summed E-state index contributed by atoms with van der Waals surface area (Å²) in [6, 6.07) is 9.63. The highest BCUT2D eigenvalue weighted by molar-refractivity contribution is 7.93. The van der Waals surface area contributed by atoms with Gasteiger partial charge in [0.1, 0.15) is 5.75 Å². The molecule has 2 heterocycles. The van der Waals surface area contributed by atoms with E-state index in [4.69, 9.17) is 4.74 Å². The smallest absolute Gasteiger partial charge is 0.288 e. The van der Waals surface area contributed by atoms with Crippen LogP contribution in [0, 0.1) is 0 Å². The molecule has 1 aliphatic heterocycles. The van der Waals surface area contributed by atoms with Gasteiger partial charge in [0.25, 0.3) is 10.0 Å². The quantitative estimate of drug-likeness (QED) is 0.856. The molecule has 7 heteroatoms. The van der Waals surface area contributed by atoms with Crippen LogP contribution in [0.15, 0.2) is 47.6 Å². The molecule has 0 fully saturated rings. The molecule has 1 aromatic carbocycles. The van der Waals surface area contributed by atoms with Crippen molar-refractivity contribution in [3.63, 3.8) is 0 Å². The van der Waals surface area contributed by atoms with Gasteiger partial charge in [-0.15, -0.1) is 0 Å². The minimum atomic E-state index is -4.01. The van der Waals surface area contributed by atoms with Gasteiger partial charge in [-0.05, 0) is 23.8 Å². The van der Waals surface area contributed by atoms with Crippen LogP contribution in [0.25, 0.3) is 0 Å². The Hall–Kier alpha value is -2.41. The lowest BCUT2D eigenvalue weighted by Crippen LogP contribution is -2.34. The number of amides is 1. The number of anilines is 1. The average molecular weight is 304 g/mol. The van der Waals surface area contributed by atoms with Gasteiger partial charge in [-0.1, -0.05) is 18.2 Å². The van der Waals surface area contributed by atoms with Crippen LogP contribution in [0.5, 0.6) is 5.75 Å². The molecular formula is C14H12N2O4S. The number of methoxy groups -OCH3 is 1. The summed E-state index contributed by atoms with van der Waals surface area (Å²) >= 11 is 0. The van der Waals surface area contributed by atoms with Crippen molar-refractivity contribution in [2.45, 2.75) is 11.4 Å². The molecule has 1 aromatic heterocycles. The van der Waals surface area contributed by atoms with Gasteiger partial charge in [-0.25, -0.2) is 9.29 Å². The van der Waals surface area contributed by atoms with Crippen molar-refractivity contribution in [2.24, 2.45) is 0 Å². The number of carbonyl (C=O) groups excluding carboxylic acids is 1. The minimum Gasteiger partial charge on any atom is -0.495 e. The second-order valence-corrected chi connectivity index (χ2v) is 6.24. The molecule has 0 bridgehead atoms. The highest BCUT2D eigenvalue weighted by Crippen LogP contribution is 2.33. The summed E-state index contributed by atoms with van der Waals surface area (Å²) < 4.78 is 31.0. The van der Waals surface area contributed by atoms with Gasteiger partial charge in [-0.2, -0.15) is 8.42 Å². The molecule has 0 radical (unpaired) electrons. The van der Waals surface area contributed by atoms with E-state index < -0.39 is 15.9 Å². The fourth-order valence-corrected chi connectivity index (χ4v) is 3.61. The third kappa shape index (κ3) is 2.15. The number of benzene rings is 1. The van der Waals surface area contributed by atoms with E-state index in [0.29, 0.717) is 17.0 Å². The first kappa shape index (κ1) is 13.6. The van der Waals surface area contributed by atoms with E-state index in [0.717, 1.165) is 4.31 Å². The van der Waals surface area contributed by atoms with Crippen LogP contribution in [0.3, 0.4) is 0 Å². The van der Waals surface area contributed by atoms with Crippen molar-refractivity contribution in [1.29, 1.82) is 0 Å². The Morgan fingerprint density at radius 3 is 2.62 bits per heavy atom. The molecule has 0 saturated heterocycles. The van der Waals surface area contributed by atoms with Gasteiger partial charge >= 0.3 is 0 Å². The van der Waals surface area contributed by atoms with Gasteiger partial charge < -0.3 is 4.74 Å². The SMILES string of the molecule is COc1ccc(S(=O)(=O)N2C(=O)Cc3ccccc32)nc1. The average Bonchev–Trinajstić information content (AvgIpc) is 2.83. The largest absolute Gasteiger partial charge is 0.495 e. The van der Waals surface area contributed by atoms with Gasteiger partial charge in [0.05, 0.1) is 25.4 Å². The Balaban J connectivity index is 2.07.